The van der Waals surface area contributed by atoms with E-state index in [1.54, 1.807) is 0 Å². The molecule has 1 rings (SSSR count). The van der Waals surface area contributed by atoms with E-state index in [-0.39, 0.29) is 5.91 Å². The predicted molar refractivity (Wildman–Crippen MR) is 62.6 cm³/mol. The molecule has 3 nitrogen and oxygen atoms in total. The van der Waals surface area contributed by atoms with Gasteiger partial charge < -0.3 is 10.6 Å². The number of carbonyl (C=O) groups excluding carboxylic acids is 1. The van der Waals surface area contributed by atoms with Crippen LogP contribution in [0.5, 0.6) is 0 Å². The number of hydrogen-bond donors (Lipinski definition) is 2. The van der Waals surface area contributed by atoms with Gasteiger partial charge in [0.25, 0.3) is 0 Å². The second-order valence-electron chi connectivity index (χ2n) is 5.37. The zero-order valence-corrected chi connectivity index (χ0v) is 10.6. The van der Waals surface area contributed by atoms with Crippen LogP contribution in [0.25, 0.3) is 0 Å². The highest BCUT2D eigenvalue weighted by atomic mass is 16.2. The maximum absolute atomic E-state index is 11.9. The molecule has 2 N–H and O–H groups in total. The van der Waals surface area contributed by atoms with Crippen LogP contribution < -0.4 is 10.6 Å². The van der Waals surface area contributed by atoms with E-state index in [1.165, 1.54) is 6.42 Å². The van der Waals surface area contributed by atoms with Crippen LogP contribution in [0.4, 0.5) is 0 Å². The molecule has 3 heteroatoms. The van der Waals surface area contributed by atoms with Gasteiger partial charge in [0.2, 0.25) is 5.91 Å². The molecule has 1 aliphatic rings. The largest absolute Gasteiger partial charge is 0.352 e. The lowest BCUT2D eigenvalue weighted by Gasteiger charge is -2.27. The second kappa shape index (κ2) is 4.52. The van der Waals surface area contributed by atoms with E-state index in [2.05, 4.69) is 24.5 Å². The Morgan fingerprint density at radius 2 is 1.87 bits per heavy atom. The van der Waals surface area contributed by atoms with Crippen molar-refractivity contribution in [2.45, 2.75) is 52.1 Å². The fourth-order valence-electron chi connectivity index (χ4n) is 2.03. The Balaban J connectivity index is 2.53. The van der Waals surface area contributed by atoms with Gasteiger partial charge in [0, 0.05) is 6.04 Å². The van der Waals surface area contributed by atoms with Crippen molar-refractivity contribution in [3.05, 3.63) is 0 Å². The number of carbonyl (C=O) groups is 1. The molecular weight excluding hydrogens is 188 g/mol. The molecule has 1 amide bonds. The number of likely N-dealkylation sites (N-methyl/N-ethyl adjacent to an activating group) is 1. The zero-order valence-electron chi connectivity index (χ0n) is 10.6. The Labute approximate surface area is 93.0 Å². The summed E-state index contributed by atoms with van der Waals surface area (Å²) < 4.78 is 0. The first kappa shape index (κ1) is 12.5. The van der Waals surface area contributed by atoms with Crippen molar-refractivity contribution in [2.75, 3.05) is 7.05 Å². The van der Waals surface area contributed by atoms with Crippen LogP contribution in [0.3, 0.4) is 0 Å². The fourth-order valence-corrected chi connectivity index (χ4v) is 2.03. The Morgan fingerprint density at radius 1 is 1.27 bits per heavy atom. The van der Waals surface area contributed by atoms with Crippen molar-refractivity contribution in [2.24, 2.45) is 11.8 Å². The summed E-state index contributed by atoms with van der Waals surface area (Å²) in [6.07, 6.45) is 2.35. The van der Waals surface area contributed by atoms with Gasteiger partial charge in [-0.3, -0.25) is 4.79 Å². The molecule has 0 bridgehead atoms. The van der Waals surface area contributed by atoms with E-state index in [0.717, 1.165) is 12.3 Å². The molecule has 0 radical (unpaired) electrons. The molecule has 0 aliphatic heterocycles. The second-order valence-corrected chi connectivity index (χ2v) is 5.37. The molecule has 1 aliphatic carbocycles. The number of amides is 1. The average Bonchev–Trinajstić information content (AvgIpc) is 2.49. The van der Waals surface area contributed by atoms with Crippen molar-refractivity contribution in [3.63, 3.8) is 0 Å². The first-order valence-electron chi connectivity index (χ1n) is 5.88. The van der Waals surface area contributed by atoms with E-state index < -0.39 is 5.54 Å². The maximum atomic E-state index is 11.9. The molecule has 0 spiro atoms. The molecule has 0 heterocycles. The summed E-state index contributed by atoms with van der Waals surface area (Å²) in [5, 5.41) is 6.18. The third-order valence-electron chi connectivity index (χ3n) is 3.97. The Kier molecular flexibility index (Phi) is 3.77. The minimum atomic E-state index is -0.467. The molecular formula is C12H24N2O. The normalized spacial score (nSPS) is 31.7. The van der Waals surface area contributed by atoms with Crippen LogP contribution in [0.15, 0.2) is 0 Å². The van der Waals surface area contributed by atoms with Crippen molar-refractivity contribution >= 4 is 5.91 Å². The monoisotopic (exact) mass is 212 g/mol. The van der Waals surface area contributed by atoms with Gasteiger partial charge >= 0.3 is 0 Å². The Morgan fingerprint density at radius 3 is 2.27 bits per heavy atom. The van der Waals surface area contributed by atoms with Gasteiger partial charge in [-0.05, 0) is 45.6 Å². The third kappa shape index (κ3) is 2.71. The van der Waals surface area contributed by atoms with Gasteiger partial charge in [-0.25, -0.2) is 0 Å². The fraction of sp³-hybridized carbons (Fsp3) is 0.917. The number of rotatable bonds is 3. The SMILES string of the molecule is CNC(C)(C)C(=O)NC1CCC(C)C1C. The molecule has 0 saturated heterocycles. The summed E-state index contributed by atoms with van der Waals surface area (Å²) in [4.78, 5) is 11.9. The van der Waals surface area contributed by atoms with E-state index in [0.29, 0.717) is 12.0 Å². The van der Waals surface area contributed by atoms with E-state index in [1.807, 2.05) is 20.9 Å². The summed E-state index contributed by atoms with van der Waals surface area (Å²) in [5.74, 6) is 1.44. The molecule has 3 atom stereocenters. The first-order chi connectivity index (χ1) is 6.88. The summed E-state index contributed by atoms with van der Waals surface area (Å²) in [7, 11) is 1.82. The van der Waals surface area contributed by atoms with Gasteiger partial charge in [-0.2, -0.15) is 0 Å². The number of nitrogens with one attached hydrogen (secondary N) is 2. The predicted octanol–water partition coefficient (Wildman–Crippen LogP) is 1.54. The van der Waals surface area contributed by atoms with E-state index in [9.17, 15) is 4.79 Å². The summed E-state index contributed by atoms with van der Waals surface area (Å²) in [6, 6.07) is 0.361. The summed E-state index contributed by atoms with van der Waals surface area (Å²) in [6.45, 7) is 8.31. The lowest BCUT2D eigenvalue weighted by Crippen LogP contribution is -2.54. The van der Waals surface area contributed by atoms with Crippen molar-refractivity contribution in [1.29, 1.82) is 0 Å². The molecule has 88 valence electrons. The van der Waals surface area contributed by atoms with Crippen molar-refractivity contribution < 1.29 is 4.79 Å². The third-order valence-corrected chi connectivity index (χ3v) is 3.97. The van der Waals surface area contributed by atoms with Crippen molar-refractivity contribution in [3.8, 4) is 0 Å². The van der Waals surface area contributed by atoms with Gasteiger partial charge in [-0.1, -0.05) is 13.8 Å². The molecule has 3 unspecified atom stereocenters. The highest BCUT2D eigenvalue weighted by Crippen LogP contribution is 2.31. The van der Waals surface area contributed by atoms with Gasteiger partial charge in [0.15, 0.2) is 0 Å². The van der Waals surface area contributed by atoms with E-state index >= 15 is 0 Å². The van der Waals surface area contributed by atoms with Crippen LogP contribution in [0.2, 0.25) is 0 Å². The van der Waals surface area contributed by atoms with Gasteiger partial charge in [0.1, 0.15) is 0 Å². The minimum Gasteiger partial charge on any atom is -0.352 e. The summed E-state index contributed by atoms with van der Waals surface area (Å²) in [5.41, 5.74) is -0.467. The minimum absolute atomic E-state index is 0.107. The van der Waals surface area contributed by atoms with Crippen LogP contribution in [0, 0.1) is 11.8 Å². The standard InChI is InChI=1S/C12H24N2O/c1-8-6-7-10(9(8)2)14-11(15)12(3,4)13-5/h8-10,13H,6-7H2,1-5H3,(H,14,15). The Hall–Kier alpha value is -0.570. The first-order valence-corrected chi connectivity index (χ1v) is 5.88. The van der Waals surface area contributed by atoms with Crippen LogP contribution in [-0.2, 0) is 4.79 Å². The highest BCUT2D eigenvalue weighted by molar-refractivity contribution is 5.85. The van der Waals surface area contributed by atoms with Gasteiger partial charge in [0.05, 0.1) is 5.54 Å². The Bertz CT molecular complexity index is 238. The quantitative estimate of drug-likeness (QED) is 0.745. The maximum Gasteiger partial charge on any atom is 0.239 e. The van der Waals surface area contributed by atoms with Crippen LogP contribution in [-0.4, -0.2) is 24.5 Å². The molecule has 0 aromatic carbocycles. The van der Waals surface area contributed by atoms with Crippen LogP contribution in [0.1, 0.15) is 40.5 Å². The van der Waals surface area contributed by atoms with E-state index in [4.69, 9.17) is 0 Å². The smallest absolute Gasteiger partial charge is 0.239 e. The summed E-state index contributed by atoms with van der Waals surface area (Å²) >= 11 is 0. The molecule has 1 saturated carbocycles. The topological polar surface area (TPSA) is 41.1 Å². The lowest BCUT2D eigenvalue weighted by atomic mass is 9.96. The molecule has 15 heavy (non-hydrogen) atoms. The lowest BCUT2D eigenvalue weighted by molar-refractivity contribution is -0.127. The molecule has 0 aromatic heterocycles. The molecule has 1 fully saturated rings. The van der Waals surface area contributed by atoms with Crippen LogP contribution >= 0.6 is 0 Å². The van der Waals surface area contributed by atoms with Gasteiger partial charge in [-0.15, -0.1) is 0 Å². The van der Waals surface area contributed by atoms with Crippen molar-refractivity contribution in [1.82, 2.24) is 10.6 Å². The highest BCUT2D eigenvalue weighted by Gasteiger charge is 2.34. The average molecular weight is 212 g/mol. The zero-order chi connectivity index (χ0) is 11.6. The number of hydrogen-bond acceptors (Lipinski definition) is 2. The molecule has 0 aromatic rings.